The molecule has 0 amide bonds. The van der Waals surface area contributed by atoms with E-state index in [4.69, 9.17) is 5.26 Å². The van der Waals surface area contributed by atoms with Crippen LogP contribution in [0.2, 0.25) is 0 Å². The monoisotopic (exact) mass is 252 g/mol. The summed E-state index contributed by atoms with van der Waals surface area (Å²) in [6.07, 6.45) is 0. The van der Waals surface area contributed by atoms with Gasteiger partial charge in [0.1, 0.15) is 0 Å². The lowest BCUT2D eigenvalue weighted by molar-refractivity contribution is 0.444. The van der Waals surface area contributed by atoms with Crippen LogP contribution in [0.25, 0.3) is 0 Å². The van der Waals surface area contributed by atoms with Gasteiger partial charge >= 0.3 is 0 Å². The van der Waals surface area contributed by atoms with Gasteiger partial charge in [0.25, 0.3) is 0 Å². The molecule has 0 saturated heterocycles. The summed E-state index contributed by atoms with van der Waals surface area (Å²) >= 11 is 0. The van der Waals surface area contributed by atoms with Gasteiger partial charge in [0.15, 0.2) is 0 Å². The number of benzene rings is 1. The molecule has 0 aliphatic carbocycles. The molecule has 0 unspecified atom stereocenters. The fourth-order valence-corrected chi connectivity index (χ4v) is 3.18. The van der Waals surface area contributed by atoms with Crippen LogP contribution >= 0.6 is 0 Å². The van der Waals surface area contributed by atoms with E-state index in [1.165, 1.54) is 4.31 Å². The number of hydrogen-bond donors (Lipinski definition) is 0. The van der Waals surface area contributed by atoms with Crippen LogP contribution in [-0.4, -0.2) is 25.8 Å². The molecule has 0 aliphatic heterocycles. The second-order valence-corrected chi connectivity index (χ2v) is 5.62. The van der Waals surface area contributed by atoms with Crippen LogP contribution in [0.1, 0.15) is 25.0 Å². The van der Waals surface area contributed by atoms with E-state index in [1.54, 1.807) is 24.3 Å². The quantitative estimate of drug-likeness (QED) is 0.801. The maximum Gasteiger partial charge on any atom is 0.218 e. The van der Waals surface area contributed by atoms with E-state index in [0.29, 0.717) is 24.2 Å². The van der Waals surface area contributed by atoms with Crippen molar-refractivity contribution in [2.75, 3.05) is 13.1 Å². The second kappa shape index (κ2) is 5.80. The molecule has 0 spiro atoms. The summed E-state index contributed by atoms with van der Waals surface area (Å²) in [5, 5.41) is 8.65. The Hall–Kier alpha value is -1.38. The highest BCUT2D eigenvalue weighted by atomic mass is 32.2. The van der Waals surface area contributed by atoms with E-state index in [1.807, 2.05) is 19.9 Å². The van der Waals surface area contributed by atoms with Crippen molar-refractivity contribution in [3.63, 3.8) is 0 Å². The number of rotatable bonds is 5. The molecule has 0 heterocycles. The molecule has 0 aliphatic rings. The van der Waals surface area contributed by atoms with E-state index in [2.05, 4.69) is 0 Å². The van der Waals surface area contributed by atoms with Gasteiger partial charge in [0, 0.05) is 13.1 Å². The lowest BCUT2D eigenvalue weighted by Gasteiger charge is -2.18. The van der Waals surface area contributed by atoms with Crippen molar-refractivity contribution in [2.24, 2.45) is 0 Å². The van der Waals surface area contributed by atoms with Gasteiger partial charge in [-0.15, -0.1) is 0 Å². The Kier molecular flexibility index (Phi) is 4.67. The molecule has 92 valence electrons. The van der Waals surface area contributed by atoms with Gasteiger partial charge in [-0.05, 0) is 17.7 Å². The van der Waals surface area contributed by atoms with Crippen LogP contribution in [0.3, 0.4) is 0 Å². The highest BCUT2D eigenvalue weighted by Gasteiger charge is 2.18. The SMILES string of the molecule is CCN(CC)S(=O)(=O)Cc1ccc(C#N)cc1. The molecule has 0 bridgehead atoms. The van der Waals surface area contributed by atoms with Crippen LogP contribution in [0, 0.1) is 11.3 Å². The molecule has 0 fully saturated rings. The molecule has 5 heteroatoms. The minimum Gasteiger partial charge on any atom is -0.212 e. The van der Waals surface area contributed by atoms with Gasteiger partial charge < -0.3 is 0 Å². The third-order valence-corrected chi connectivity index (χ3v) is 4.53. The van der Waals surface area contributed by atoms with Crippen molar-refractivity contribution in [1.82, 2.24) is 4.31 Å². The molecule has 0 N–H and O–H groups in total. The third kappa shape index (κ3) is 3.55. The maximum absolute atomic E-state index is 12.0. The molecule has 0 aromatic heterocycles. The Bertz CT molecular complexity index is 496. The predicted molar refractivity (Wildman–Crippen MR) is 66.7 cm³/mol. The molecular formula is C12H16N2O2S. The zero-order valence-corrected chi connectivity index (χ0v) is 10.9. The number of hydrogen-bond acceptors (Lipinski definition) is 3. The van der Waals surface area contributed by atoms with E-state index in [0.717, 1.165) is 0 Å². The molecule has 1 rings (SSSR count). The lowest BCUT2D eigenvalue weighted by Crippen LogP contribution is -2.31. The van der Waals surface area contributed by atoms with Crippen LogP contribution in [-0.2, 0) is 15.8 Å². The Balaban J connectivity index is 2.87. The Morgan fingerprint density at radius 2 is 1.71 bits per heavy atom. The van der Waals surface area contributed by atoms with E-state index in [-0.39, 0.29) is 5.75 Å². The topological polar surface area (TPSA) is 61.2 Å². The summed E-state index contributed by atoms with van der Waals surface area (Å²) in [5.41, 5.74) is 1.24. The van der Waals surface area contributed by atoms with Crippen LogP contribution in [0.15, 0.2) is 24.3 Å². The number of sulfonamides is 1. The molecule has 1 aromatic carbocycles. The van der Waals surface area contributed by atoms with Crippen LogP contribution in [0.5, 0.6) is 0 Å². The molecule has 0 radical (unpaired) electrons. The summed E-state index contributed by atoms with van der Waals surface area (Å²) in [6, 6.07) is 8.63. The van der Waals surface area contributed by atoms with Gasteiger partial charge in [0.05, 0.1) is 17.4 Å². The standard InChI is InChI=1S/C12H16N2O2S/c1-3-14(4-2)17(15,16)10-12-7-5-11(9-13)6-8-12/h5-8H,3-4,10H2,1-2H3. The zero-order valence-electron chi connectivity index (χ0n) is 10.0. The Labute approximate surface area is 103 Å². The fourth-order valence-electron chi connectivity index (χ4n) is 1.59. The number of nitrogens with zero attached hydrogens (tertiary/aromatic N) is 2. The van der Waals surface area contributed by atoms with Crippen molar-refractivity contribution >= 4 is 10.0 Å². The lowest BCUT2D eigenvalue weighted by atomic mass is 10.2. The largest absolute Gasteiger partial charge is 0.218 e. The first-order chi connectivity index (χ1) is 8.03. The summed E-state index contributed by atoms with van der Waals surface area (Å²) in [5.74, 6) is -0.0135. The number of nitriles is 1. The first kappa shape index (κ1) is 13.7. The predicted octanol–water partition coefficient (Wildman–Crippen LogP) is 1.73. The van der Waals surface area contributed by atoms with Crippen molar-refractivity contribution < 1.29 is 8.42 Å². The van der Waals surface area contributed by atoms with Crippen molar-refractivity contribution in [3.8, 4) is 6.07 Å². The normalized spacial score (nSPS) is 11.4. The molecule has 0 saturated carbocycles. The summed E-state index contributed by atoms with van der Waals surface area (Å²) in [7, 11) is -3.24. The highest BCUT2D eigenvalue weighted by Crippen LogP contribution is 2.11. The smallest absolute Gasteiger partial charge is 0.212 e. The van der Waals surface area contributed by atoms with Crippen LogP contribution in [0.4, 0.5) is 0 Å². The van der Waals surface area contributed by atoms with E-state index < -0.39 is 10.0 Å². The second-order valence-electron chi connectivity index (χ2n) is 3.65. The first-order valence-electron chi connectivity index (χ1n) is 5.50. The van der Waals surface area contributed by atoms with Gasteiger partial charge in [0.2, 0.25) is 10.0 Å². The van der Waals surface area contributed by atoms with Crippen molar-refractivity contribution in [1.29, 1.82) is 5.26 Å². The average Bonchev–Trinajstić information content (AvgIpc) is 2.30. The highest BCUT2D eigenvalue weighted by molar-refractivity contribution is 7.88. The van der Waals surface area contributed by atoms with Gasteiger partial charge in [-0.3, -0.25) is 0 Å². The Morgan fingerprint density at radius 1 is 1.18 bits per heavy atom. The third-order valence-electron chi connectivity index (χ3n) is 2.53. The van der Waals surface area contributed by atoms with Gasteiger partial charge in [-0.25, -0.2) is 12.7 Å². The van der Waals surface area contributed by atoms with Crippen molar-refractivity contribution in [3.05, 3.63) is 35.4 Å². The molecule has 4 nitrogen and oxygen atoms in total. The molecule has 17 heavy (non-hydrogen) atoms. The minimum atomic E-state index is -3.24. The van der Waals surface area contributed by atoms with Crippen molar-refractivity contribution in [2.45, 2.75) is 19.6 Å². The maximum atomic E-state index is 12.0. The van der Waals surface area contributed by atoms with Gasteiger partial charge in [-0.1, -0.05) is 26.0 Å². The summed E-state index contributed by atoms with van der Waals surface area (Å²) in [6.45, 7) is 4.60. The molecule has 0 atom stereocenters. The van der Waals surface area contributed by atoms with Gasteiger partial charge in [-0.2, -0.15) is 5.26 Å². The van der Waals surface area contributed by atoms with Crippen LogP contribution < -0.4 is 0 Å². The molecular weight excluding hydrogens is 236 g/mol. The summed E-state index contributed by atoms with van der Waals surface area (Å²) < 4.78 is 25.4. The molecule has 1 aromatic rings. The van der Waals surface area contributed by atoms with E-state index >= 15 is 0 Å². The fraction of sp³-hybridized carbons (Fsp3) is 0.417. The zero-order chi connectivity index (χ0) is 12.9. The average molecular weight is 252 g/mol. The summed E-state index contributed by atoms with van der Waals surface area (Å²) in [4.78, 5) is 0. The minimum absolute atomic E-state index is 0.0135. The first-order valence-corrected chi connectivity index (χ1v) is 7.11. The van der Waals surface area contributed by atoms with E-state index in [9.17, 15) is 8.42 Å². The Morgan fingerprint density at radius 3 is 2.12 bits per heavy atom.